The van der Waals surface area contributed by atoms with E-state index in [9.17, 15) is 4.79 Å². The molecule has 0 spiro atoms. The van der Waals surface area contributed by atoms with E-state index in [2.05, 4.69) is 15.9 Å². The fourth-order valence-corrected chi connectivity index (χ4v) is 6.16. The summed E-state index contributed by atoms with van der Waals surface area (Å²) in [5, 5.41) is 0.427. The zero-order valence-electron chi connectivity index (χ0n) is 18.9. The van der Waals surface area contributed by atoms with Crippen LogP contribution in [0, 0.1) is 31.0 Å². The van der Waals surface area contributed by atoms with Crippen LogP contribution in [0.15, 0.2) is 35.5 Å². The molecule has 4 rings (SSSR count). The molecule has 1 saturated carbocycles. The Balaban J connectivity index is 1.59. The fourth-order valence-electron chi connectivity index (χ4n) is 4.71. The normalized spacial score (nSPS) is 25.5. The Morgan fingerprint density at radius 2 is 2.21 bits per heavy atom. The largest absolute Gasteiger partial charge is 0.479 e. The van der Waals surface area contributed by atoms with Gasteiger partial charge in [-0.3, -0.25) is 9.79 Å². The lowest BCUT2D eigenvalue weighted by molar-refractivity contribution is 0.0987. The molecule has 2 aliphatic rings. The summed E-state index contributed by atoms with van der Waals surface area (Å²) >= 11 is 1.51. The first kappa shape index (κ1) is 23.3. The van der Waals surface area contributed by atoms with Crippen LogP contribution >= 0.6 is 11.8 Å². The molecule has 0 saturated heterocycles. The number of thioether (sulfide) groups is 1. The lowest BCUT2D eigenvalue weighted by Crippen LogP contribution is -2.37. The van der Waals surface area contributed by atoms with E-state index in [0.717, 1.165) is 6.42 Å². The number of ether oxygens (including phenoxy) is 2. The number of aryl methyl sites for hydroxylation is 1. The van der Waals surface area contributed by atoms with Gasteiger partial charge in [-0.05, 0) is 49.6 Å². The van der Waals surface area contributed by atoms with Crippen molar-refractivity contribution in [2.24, 2.45) is 16.6 Å². The van der Waals surface area contributed by atoms with E-state index in [-0.39, 0.29) is 35.3 Å². The van der Waals surface area contributed by atoms with Crippen LogP contribution in [0.2, 0.25) is 0 Å². The molecule has 0 unspecified atom stereocenters. The van der Waals surface area contributed by atoms with Crippen molar-refractivity contribution in [3.8, 4) is 18.1 Å². The number of amidine groups is 1. The third-order valence-corrected chi connectivity index (χ3v) is 7.60. The highest BCUT2D eigenvalue weighted by atomic mass is 32.2. The van der Waals surface area contributed by atoms with Gasteiger partial charge in [-0.2, -0.15) is 0 Å². The number of Topliss-reactive ketones (excluding diaryl/α,β-unsaturated/α-hetero) is 1. The molecule has 2 N–H and O–H groups in total. The Morgan fingerprint density at radius 3 is 2.91 bits per heavy atom. The summed E-state index contributed by atoms with van der Waals surface area (Å²) in [7, 11) is 1.65. The Hall–Kier alpha value is -2.89. The second-order valence-electron chi connectivity index (χ2n) is 8.70. The number of aromatic nitrogens is 1. The number of ketones is 1. The van der Waals surface area contributed by atoms with Gasteiger partial charge in [0.05, 0.1) is 23.1 Å². The minimum absolute atomic E-state index is 0.0869. The molecule has 0 amide bonds. The highest BCUT2D eigenvalue weighted by Gasteiger charge is 2.66. The summed E-state index contributed by atoms with van der Waals surface area (Å²) in [6.45, 7) is 4.36. The van der Waals surface area contributed by atoms with E-state index in [4.69, 9.17) is 21.6 Å². The van der Waals surface area contributed by atoms with Crippen LogP contribution in [0.4, 0.5) is 4.39 Å². The molecular formula is C25H26FN3O3S. The number of carbonyl (C=O) groups is 1. The predicted molar refractivity (Wildman–Crippen MR) is 127 cm³/mol. The zero-order valence-corrected chi connectivity index (χ0v) is 19.7. The molecule has 3 atom stereocenters. The highest BCUT2D eigenvalue weighted by Crippen LogP contribution is 2.65. The van der Waals surface area contributed by atoms with Gasteiger partial charge >= 0.3 is 0 Å². The van der Waals surface area contributed by atoms with Gasteiger partial charge in [0.1, 0.15) is 23.9 Å². The van der Waals surface area contributed by atoms with Gasteiger partial charge in [0.2, 0.25) is 0 Å². The number of rotatable bonds is 8. The summed E-state index contributed by atoms with van der Waals surface area (Å²) < 4.78 is 25.6. The van der Waals surface area contributed by atoms with Crippen LogP contribution in [0.5, 0.6) is 5.75 Å². The van der Waals surface area contributed by atoms with Crippen molar-refractivity contribution in [1.82, 2.24) is 4.98 Å². The number of fused-ring (bicyclic) bond motifs is 1. The lowest BCUT2D eigenvalue weighted by Gasteiger charge is -2.34. The minimum Gasteiger partial charge on any atom is -0.479 e. The molecule has 1 aromatic carbocycles. The molecule has 2 heterocycles. The summed E-state index contributed by atoms with van der Waals surface area (Å²) in [6, 6.07) is 6.48. The highest BCUT2D eigenvalue weighted by molar-refractivity contribution is 8.15. The van der Waals surface area contributed by atoms with Crippen LogP contribution < -0.4 is 10.5 Å². The van der Waals surface area contributed by atoms with Crippen molar-refractivity contribution in [2.75, 3.05) is 20.3 Å². The molecule has 172 valence electrons. The number of methoxy groups -OCH3 is 1. The average molecular weight is 468 g/mol. The number of nitrogens with two attached hydrogens (primary N) is 1. The molecule has 1 fully saturated rings. The number of carbonyl (C=O) groups excluding carboxylic acids is 1. The van der Waals surface area contributed by atoms with Crippen molar-refractivity contribution in [3.63, 3.8) is 0 Å². The molecule has 0 bridgehead atoms. The van der Waals surface area contributed by atoms with Crippen molar-refractivity contribution in [3.05, 3.63) is 58.7 Å². The van der Waals surface area contributed by atoms with Gasteiger partial charge in [-0.1, -0.05) is 23.7 Å². The van der Waals surface area contributed by atoms with Gasteiger partial charge in [0.15, 0.2) is 11.0 Å². The van der Waals surface area contributed by atoms with Crippen LogP contribution in [0.1, 0.15) is 40.5 Å². The van der Waals surface area contributed by atoms with E-state index in [1.165, 1.54) is 24.0 Å². The smallest absolute Gasteiger partial charge is 0.185 e. The van der Waals surface area contributed by atoms with Gasteiger partial charge < -0.3 is 15.2 Å². The second kappa shape index (κ2) is 8.81. The maximum atomic E-state index is 15.0. The van der Waals surface area contributed by atoms with Gasteiger partial charge in [0, 0.05) is 25.0 Å². The maximum Gasteiger partial charge on any atom is 0.185 e. The summed E-state index contributed by atoms with van der Waals surface area (Å²) in [6.07, 6.45) is 7.61. The SMILES string of the molecule is C#CCOc1cnc(C(=O)Cc2ccc(F)c([C@@]3(C)N=C(N)S[C@@]4(COC)C[C@H]43)c2)c(C)c1. The number of benzene rings is 1. The fraction of sp³-hybridized carbons (Fsp3) is 0.400. The van der Waals surface area contributed by atoms with E-state index in [0.29, 0.717) is 39.9 Å². The van der Waals surface area contributed by atoms with Crippen molar-refractivity contribution in [1.29, 1.82) is 0 Å². The lowest BCUT2D eigenvalue weighted by atomic mass is 9.84. The average Bonchev–Trinajstić information content (AvgIpc) is 3.48. The number of pyridine rings is 1. The third kappa shape index (κ3) is 4.35. The minimum atomic E-state index is -0.818. The first-order valence-electron chi connectivity index (χ1n) is 10.6. The van der Waals surface area contributed by atoms with E-state index in [1.54, 1.807) is 32.2 Å². The molecule has 2 aromatic rings. The molecule has 1 aromatic heterocycles. The van der Waals surface area contributed by atoms with Crippen LogP contribution in [-0.4, -0.2) is 41.0 Å². The number of terminal acetylenes is 1. The predicted octanol–water partition coefficient (Wildman–Crippen LogP) is 3.65. The number of aliphatic imine (C=N–C) groups is 1. The topological polar surface area (TPSA) is 86.8 Å². The summed E-state index contributed by atoms with van der Waals surface area (Å²) in [5.74, 6) is 2.47. The van der Waals surface area contributed by atoms with Crippen molar-refractivity contribution < 1.29 is 18.7 Å². The van der Waals surface area contributed by atoms with Gasteiger partial charge in [0.25, 0.3) is 0 Å². The van der Waals surface area contributed by atoms with Crippen molar-refractivity contribution >= 4 is 22.7 Å². The van der Waals surface area contributed by atoms with E-state index < -0.39 is 5.54 Å². The number of nitrogens with zero attached hydrogens (tertiary/aromatic N) is 2. The Kier molecular flexibility index (Phi) is 6.21. The monoisotopic (exact) mass is 467 g/mol. The summed E-state index contributed by atoms with van der Waals surface area (Å²) in [5.41, 5.74) is 7.49. The Labute approximate surface area is 197 Å². The molecular weight excluding hydrogens is 441 g/mol. The van der Waals surface area contributed by atoms with Crippen LogP contribution in [-0.2, 0) is 16.7 Å². The van der Waals surface area contributed by atoms with Crippen LogP contribution in [0.25, 0.3) is 0 Å². The molecule has 8 heteroatoms. The zero-order chi connectivity index (χ0) is 23.8. The number of halogens is 1. The molecule has 1 aliphatic heterocycles. The van der Waals surface area contributed by atoms with Gasteiger partial charge in [-0.15, -0.1) is 6.42 Å². The van der Waals surface area contributed by atoms with Gasteiger partial charge in [-0.25, -0.2) is 9.37 Å². The second-order valence-corrected chi connectivity index (χ2v) is 10.1. The Bertz CT molecular complexity index is 1180. The third-order valence-electron chi connectivity index (χ3n) is 6.32. The molecule has 0 radical (unpaired) electrons. The number of hydrogen-bond donors (Lipinski definition) is 1. The molecule has 6 nitrogen and oxygen atoms in total. The molecule has 1 aliphatic carbocycles. The van der Waals surface area contributed by atoms with E-state index >= 15 is 4.39 Å². The van der Waals surface area contributed by atoms with Crippen molar-refractivity contribution in [2.45, 2.75) is 37.0 Å². The number of hydrogen-bond acceptors (Lipinski definition) is 7. The maximum absolute atomic E-state index is 15.0. The van der Waals surface area contributed by atoms with E-state index in [1.807, 2.05) is 6.92 Å². The summed E-state index contributed by atoms with van der Waals surface area (Å²) in [4.78, 5) is 21.9. The van der Waals surface area contributed by atoms with Crippen LogP contribution in [0.3, 0.4) is 0 Å². The molecule has 33 heavy (non-hydrogen) atoms. The quantitative estimate of drug-likeness (QED) is 0.471. The standard InChI is InChI=1S/C25H26FN3O3S/c1-5-8-32-17-9-15(2)22(28-13-17)20(30)11-16-6-7-19(26)18(10-16)24(3)21-12-25(21,14-31-4)33-23(27)29-24/h1,6-7,9-10,13,21H,8,11-12,14H2,2-4H3,(H2,27,29)/t21-,24+,25+/m0/s1. The Morgan fingerprint density at radius 1 is 1.42 bits per heavy atom. The first-order chi connectivity index (χ1) is 15.7. The first-order valence-corrected chi connectivity index (χ1v) is 11.4.